The Bertz CT molecular complexity index is 658. The van der Waals surface area contributed by atoms with E-state index in [-0.39, 0.29) is 5.91 Å². The number of carbonyl (C=O) groups excluding carboxylic acids is 1. The van der Waals surface area contributed by atoms with Crippen LogP contribution in [0.4, 0.5) is 11.5 Å². The summed E-state index contributed by atoms with van der Waals surface area (Å²) in [6.45, 7) is 3.79. The quantitative estimate of drug-likeness (QED) is 0.595. The molecule has 20 heavy (non-hydrogen) atoms. The minimum absolute atomic E-state index is 0.206. The molecule has 4 N–H and O–H groups in total. The molecule has 0 spiro atoms. The lowest BCUT2D eigenvalue weighted by atomic mass is 10.2. The standard InChI is InChI=1S/C14H15BrN4O/c1-8-3-4-11(7-12(8)15)18-14(20)10-5-9(2)17-13(6-10)19-16/h3-7H,16H2,1-2H3,(H,17,19)(H,18,20). The van der Waals surface area contributed by atoms with E-state index in [1.165, 1.54) is 0 Å². The second kappa shape index (κ2) is 6.02. The molecule has 0 fully saturated rings. The minimum Gasteiger partial charge on any atom is -0.322 e. The first kappa shape index (κ1) is 14.5. The van der Waals surface area contributed by atoms with E-state index in [1.54, 1.807) is 19.1 Å². The van der Waals surface area contributed by atoms with Gasteiger partial charge in [0.2, 0.25) is 0 Å². The van der Waals surface area contributed by atoms with Gasteiger partial charge < -0.3 is 10.7 Å². The van der Waals surface area contributed by atoms with Crippen molar-refractivity contribution in [2.24, 2.45) is 5.84 Å². The van der Waals surface area contributed by atoms with Crippen LogP contribution in [0, 0.1) is 13.8 Å². The highest BCUT2D eigenvalue weighted by atomic mass is 79.9. The molecule has 104 valence electrons. The fraction of sp³-hybridized carbons (Fsp3) is 0.143. The molecule has 1 aromatic carbocycles. The second-order valence-corrected chi connectivity index (χ2v) is 5.30. The molecule has 0 bridgehead atoms. The number of amides is 1. The average molecular weight is 335 g/mol. The summed E-state index contributed by atoms with van der Waals surface area (Å²) < 4.78 is 0.950. The fourth-order valence-corrected chi connectivity index (χ4v) is 2.13. The van der Waals surface area contributed by atoms with Crippen LogP contribution in [-0.2, 0) is 0 Å². The summed E-state index contributed by atoms with van der Waals surface area (Å²) in [5.41, 5.74) is 5.50. The first-order chi connectivity index (χ1) is 9.49. The maximum Gasteiger partial charge on any atom is 0.255 e. The lowest BCUT2D eigenvalue weighted by Gasteiger charge is -2.09. The number of halogens is 1. The van der Waals surface area contributed by atoms with Crippen LogP contribution in [0.3, 0.4) is 0 Å². The van der Waals surface area contributed by atoms with Crippen LogP contribution in [-0.4, -0.2) is 10.9 Å². The van der Waals surface area contributed by atoms with Gasteiger partial charge in [-0.15, -0.1) is 0 Å². The van der Waals surface area contributed by atoms with E-state index in [9.17, 15) is 4.79 Å². The average Bonchev–Trinajstić information content (AvgIpc) is 2.42. The summed E-state index contributed by atoms with van der Waals surface area (Å²) in [7, 11) is 0. The van der Waals surface area contributed by atoms with Crippen molar-refractivity contribution in [1.82, 2.24) is 4.98 Å². The summed E-state index contributed by atoms with van der Waals surface area (Å²) in [6, 6.07) is 8.97. The summed E-state index contributed by atoms with van der Waals surface area (Å²) >= 11 is 3.44. The van der Waals surface area contributed by atoms with Crippen molar-refractivity contribution in [3.63, 3.8) is 0 Å². The Balaban J connectivity index is 2.23. The van der Waals surface area contributed by atoms with Gasteiger partial charge >= 0.3 is 0 Å². The molecule has 0 aliphatic heterocycles. The van der Waals surface area contributed by atoms with Crippen LogP contribution in [0.1, 0.15) is 21.6 Å². The molecule has 5 nitrogen and oxygen atoms in total. The van der Waals surface area contributed by atoms with Gasteiger partial charge in [0.1, 0.15) is 5.82 Å². The van der Waals surface area contributed by atoms with Crippen molar-refractivity contribution in [3.05, 3.63) is 51.6 Å². The molecule has 0 unspecified atom stereocenters. The van der Waals surface area contributed by atoms with Crippen LogP contribution in [0.5, 0.6) is 0 Å². The highest BCUT2D eigenvalue weighted by Gasteiger charge is 2.09. The highest BCUT2D eigenvalue weighted by Crippen LogP contribution is 2.21. The number of hydrazine groups is 1. The van der Waals surface area contributed by atoms with Gasteiger partial charge in [0.05, 0.1) is 0 Å². The number of hydrogen-bond acceptors (Lipinski definition) is 4. The highest BCUT2D eigenvalue weighted by molar-refractivity contribution is 9.10. The van der Waals surface area contributed by atoms with Gasteiger partial charge in [-0.05, 0) is 43.7 Å². The van der Waals surface area contributed by atoms with Crippen LogP contribution in [0.25, 0.3) is 0 Å². The Morgan fingerprint density at radius 3 is 2.65 bits per heavy atom. The SMILES string of the molecule is Cc1cc(C(=O)Nc2ccc(C)c(Br)c2)cc(NN)n1. The normalized spacial score (nSPS) is 10.2. The van der Waals surface area contributed by atoms with Crippen molar-refractivity contribution in [1.29, 1.82) is 0 Å². The number of nitrogen functional groups attached to an aromatic ring is 1. The molecule has 0 atom stereocenters. The Labute approximate surface area is 125 Å². The van der Waals surface area contributed by atoms with E-state index in [0.29, 0.717) is 11.4 Å². The number of nitrogens with zero attached hydrogens (tertiary/aromatic N) is 1. The summed E-state index contributed by atoms with van der Waals surface area (Å²) in [6.07, 6.45) is 0. The summed E-state index contributed by atoms with van der Waals surface area (Å²) in [4.78, 5) is 16.4. The number of anilines is 2. The number of hydrogen-bond donors (Lipinski definition) is 3. The molecule has 1 heterocycles. The zero-order chi connectivity index (χ0) is 14.7. The maximum absolute atomic E-state index is 12.2. The Morgan fingerprint density at radius 2 is 2.00 bits per heavy atom. The number of pyridine rings is 1. The van der Waals surface area contributed by atoms with Gasteiger partial charge in [0.15, 0.2) is 0 Å². The van der Waals surface area contributed by atoms with Crippen LogP contribution >= 0.6 is 15.9 Å². The number of rotatable bonds is 3. The number of nitrogens with one attached hydrogen (secondary N) is 2. The molecule has 0 radical (unpaired) electrons. The Morgan fingerprint density at radius 1 is 1.25 bits per heavy atom. The molecular weight excluding hydrogens is 320 g/mol. The third kappa shape index (κ3) is 3.34. The number of carbonyl (C=O) groups is 1. The lowest BCUT2D eigenvalue weighted by molar-refractivity contribution is 0.102. The summed E-state index contributed by atoms with van der Waals surface area (Å²) in [5, 5.41) is 2.84. The van der Waals surface area contributed by atoms with Gasteiger partial charge in [-0.25, -0.2) is 10.8 Å². The predicted molar refractivity (Wildman–Crippen MR) is 83.6 cm³/mol. The smallest absolute Gasteiger partial charge is 0.255 e. The number of nitrogens with two attached hydrogens (primary N) is 1. The Hall–Kier alpha value is -1.92. The predicted octanol–water partition coefficient (Wildman–Crippen LogP) is 3.00. The number of aryl methyl sites for hydroxylation is 2. The van der Waals surface area contributed by atoms with Gasteiger partial charge in [-0.1, -0.05) is 22.0 Å². The van der Waals surface area contributed by atoms with Crippen molar-refractivity contribution in [2.45, 2.75) is 13.8 Å². The van der Waals surface area contributed by atoms with Crippen LogP contribution < -0.4 is 16.6 Å². The molecule has 1 aromatic heterocycles. The number of aromatic nitrogens is 1. The van der Waals surface area contributed by atoms with Gasteiger partial charge in [0, 0.05) is 21.4 Å². The summed E-state index contributed by atoms with van der Waals surface area (Å²) in [5.74, 6) is 5.58. The van der Waals surface area contributed by atoms with E-state index >= 15 is 0 Å². The monoisotopic (exact) mass is 334 g/mol. The molecule has 2 aromatic rings. The zero-order valence-electron chi connectivity index (χ0n) is 11.2. The molecule has 1 amide bonds. The third-order valence-corrected chi connectivity index (χ3v) is 3.65. The molecule has 0 saturated carbocycles. The topological polar surface area (TPSA) is 80.0 Å². The third-order valence-electron chi connectivity index (χ3n) is 2.79. The molecule has 0 aliphatic carbocycles. The zero-order valence-corrected chi connectivity index (χ0v) is 12.8. The van der Waals surface area contributed by atoms with Crippen molar-refractivity contribution in [3.8, 4) is 0 Å². The van der Waals surface area contributed by atoms with Gasteiger partial charge in [-0.3, -0.25) is 4.79 Å². The lowest BCUT2D eigenvalue weighted by Crippen LogP contribution is -2.15. The maximum atomic E-state index is 12.2. The first-order valence-corrected chi connectivity index (χ1v) is 6.81. The van der Waals surface area contributed by atoms with E-state index in [1.807, 2.05) is 25.1 Å². The van der Waals surface area contributed by atoms with Crippen molar-refractivity contribution < 1.29 is 4.79 Å². The van der Waals surface area contributed by atoms with E-state index < -0.39 is 0 Å². The second-order valence-electron chi connectivity index (χ2n) is 4.44. The van der Waals surface area contributed by atoms with Gasteiger partial charge in [0.25, 0.3) is 5.91 Å². The van der Waals surface area contributed by atoms with E-state index in [4.69, 9.17) is 5.84 Å². The largest absolute Gasteiger partial charge is 0.322 e. The molecule has 2 rings (SSSR count). The van der Waals surface area contributed by atoms with Crippen molar-refractivity contribution in [2.75, 3.05) is 10.7 Å². The van der Waals surface area contributed by atoms with Crippen molar-refractivity contribution >= 4 is 33.3 Å². The fourth-order valence-electron chi connectivity index (χ4n) is 1.75. The van der Waals surface area contributed by atoms with Crippen LogP contribution in [0.15, 0.2) is 34.8 Å². The first-order valence-electron chi connectivity index (χ1n) is 6.02. The molecule has 0 aliphatic rings. The van der Waals surface area contributed by atoms with Crippen LogP contribution in [0.2, 0.25) is 0 Å². The molecule has 6 heteroatoms. The van der Waals surface area contributed by atoms with E-state index in [2.05, 4.69) is 31.7 Å². The molecular formula is C14H15BrN4O. The molecule has 0 saturated heterocycles. The minimum atomic E-state index is -0.206. The number of benzene rings is 1. The Kier molecular flexibility index (Phi) is 4.36. The van der Waals surface area contributed by atoms with Gasteiger partial charge in [-0.2, -0.15) is 0 Å². The van der Waals surface area contributed by atoms with E-state index in [0.717, 1.165) is 21.4 Å².